The zero-order valence-corrected chi connectivity index (χ0v) is 5.66. The van der Waals surface area contributed by atoms with Crippen LogP contribution in [0.4, 0.5) is 0 Å². The fraction of sp³-hybridized carbons (Fsp3) is 1.00. The monoisotopic (exact) mass is 150 g/mol. The zero-order valence-electron chi connectivity index (χ0n) is 5.66. The molecule has 6 nitrogen and oxygen atoms in total. The van der Waals surface area contributed by atoms with Crippen LogP contribution in [0.25, 0.3) is 0 Å². The van der Waals surface area contributed by atoms with Gasteiger partial charge in [-0.1, -0.05) is 0 Å². The Morgan fingerprint density at radius 2 is 1.50 bits per heavy atom. The second-order valence-corrected chi connectivity index (χ2v) is 1.47. The molecule has 0 aliphatic rings. The molecule has 0 aliphatic carbocycles. The predicted octanol–water partition coefficient (Wildman–Crippen LogP) is -1.45. The standard InChI is InChI=1S/C4H12N3O3/c5-1-3-9-7(8)10-4-2-6/h1-6H2/q+1. The molecule has 0 radical (unpaired) electrons. The third kappa shape index (κ3) is 5.26. The quantitative estimate of drug-likeness (QED) is 0.452. The van der Waals surface area contributed by atoms with Crippen molar-refractivity contribution < 1.29 is 14.8 Å². The molecule has 0 atom stereocenters. The van der Waals surface area contributed by atoms with E-state index in [0.29, 0.717) is 0 Å². The molecule has 60 valence electrons. The molecule has 0 unspecified atom stereocenters. The van der Waals surface area contributed by atoms with Gasteiger partial charge in [-0.15, -0.1) is 0 Å². The third-order valence-electron chi connectivity index (χ3n) is 0.629. The summed E-state index contributed by atoms with van der Waals surface area (Å²) in [5, 5.41) is 0.0136. The zero-order chi connectivity index (χ0) is 7.82. The van der Waals surface area contributed by atoms with Crippen molar-refractivity contribution in [3.8, 4) is 0 Å². The van der Waals surface area contributed by atoms with Crippen LogP contribution < -0.4 is 11.5 Å². The van der Waals surface area contributed by atoms with E-state index in [-0.39, 0.29) is 31.4 Å². The lowest BCUT2D eigenvalue weighted by molar-refractivity contribution is -0.980. The lowest BCUT2D eigenvalue weighted by Gasteiger charge is -1.89. The number of nitrogens with two attached hydrogens (primary N) is 2. The van der Waals surface area contributed by atoms with Gasteiger partial charge >= 0.3 is 5.09 Å². The molecule has 0 fully saturated rings. The van der Waals surface area contributed by atoms with Crippen molar-refractivity contribution in [2.45, 2.75) is 0 Å². The van der Waals surface area contributed by atoms with E-state index in [9.17, 15) is 4.91 Å². The van der Waals surface area contributed by atoms with Gasteiger partial charge in [-0.25, -0.2) is 0 Å². The van der Waals surface area contributed by atoms with Gasteiger partial charge in [-0.3, -0.25) is 0 Å². The van der Waals surface area contributed by atoms with Gasteiger partial charge in [0, 0.05) is 13.1 Å². The second-order valence-electron chi connectivity index (χ2n) is 1.47. The minimum absolute atomic E-state index is 0.0136. The van der Waals surface area contributed by atoms with Crippen LogP contribution in [-0.4, -0.2) is 31.4 Å². The Hall–Kier alpha value is -0.880. The maximum absolute atomic E-state index is 10.3. The third-order valence-corrected chi connectivity index (χ3v) is 0.629. The van der Waals surface area contributed by atoms with Gasteiger partial charge < -0.3 is 11.5 Å². The molecule has 0 aromatic heterocycles. The van der Waals surface area contributed by atoms with Gasteiger partial charge in [0.05, 0.1) is 0 Å². The predicted molar refractivity (Wildman–Crippen MR) is 33.6 cm³/mol. The smallest absolute Gasteiger partial charge is 0.327 e. The summed E-state index contributed by atoms with van der Waals surface area (Å²) in [5.41, 5.74) is 10.1. The van der Waals surface area contributed by atoms with Crippen LogP contribution in [0.1, 0.15) is 0 Å². The summed E-state index contributed by atoms with van der Waals surface area (Å²) < 4.78 is 0. The van der Waals surface area contributed by atoms with E-state index in [2.05, 4.69) is 9.68 Å². The maximum atomic E-state index is 10.3. The molecule has 0 amide bonds. The van der Waals surface area contributed by atoms with Gasteiger partial charge in [0.25, 0.3) is 0 Å². The summed E-state index contributed by atoms with van der Waals surface area (Å²) in [4.78, 5) is 19.1. The topological polar surface area (TPSA) is 90.6 Å². The van der Waals surface area contributed by atoms with Crippen molar-refractivity contribution in [1.29, 1.82) is 0 Å². The van der Waals surface area contributed by atoms with E-state index in [0.717, 1.165) is 0 Å². The highest BCUT2D eigenvalue weighted by atomic mass is 17.0. The normalized spacial score (nSPS) is 9.00. The van der Waals surface area contributed by atoms with Crippen LogP contribution in [0, 0.1) is 4.91 Å². The summed E-state index contributed by atoms with van der Waals surface area (Å²) in [5.74, 6) is 0. The minimum Gasteiger partial charge on any atom is -0.327 e. The van der Waals surface area contributed by atoms with Crippen LogP contribution >= 0.6 is 0 Å². The lowest BCUT2D eigenvalue weighted by atomic mass is 10.7. The van der Waals surface area contributed by atoms with E-state index >= 15 is 0 Å². The highest BCUT2D eigenvalue weighted by molar-refractivity contribution is 4.21. The molecule has 4 N–H and O–H groups in total. The van der Waals surface area contributed by atoms with Crippen LogP contribution in [-0.2, 0) is 9.68 Å². The number of hydrogen-bond donors (Lipinski definition) is 2. The number of hydrogen-bond acceptors (Lipinski definition) is 5. The molecule has 6 heteroatoms. The first kappa shape index (κ1) is 9.12. The van der Waals surface area contributed by atoms with Gasteiger partial charge in [-0.05, 0) is 0 Å². The molecule has 0 aliphatic heterocycles. The van der Waals surface area contributed by atoms with Gasteiger partial charge in [0.15, 0.2) is 13.2 Å². The van der Waals surface area contributed by atoms with E-state index < -0.39 is 0 Å². The summed E-state index contributed by atoms with van der Waals surface area (Å²) in [6.45, 7) is 0.859. The van der Waals surface area contributed by atoms with Gasteiger partial charge in [-0.2, -0.15) is 9.68 Å². The first-order chi connectivity index (χ1) is 4.81. The molecule has 0 saturated heterocycles. The Bertz CT molecular complexity index is 87.7. The fourth-order valence-corrected chi connectivity index (χ4v) is 0.292. The second kappa shape index (κ2) is 6.24. The Kier molecular flexibility index (Phi) is 5.69. The van der Waals surface area contributed by atoms with Gasteiger partial charge in [0.1, 0.15) is 4.91 Å². The highest BCUT2D eigenvalue weighted by Crippen LogP contribution is 1.77. The Balaban J connectivity index is 3.09. The van der Waals surface area contributed by atoms with Crippen LogP contribution in [0.3, 0.4) is 0 Å². The van der Waals surface area contributed by atoms with E-state index in [1.165, 1.54) is 0 Å². The summed E-state index contributed by atoms with van der Waals surface area (Å²) in [7, 11) is 0. The minimum atomic E-state index is 0.0136. The summed E-state index contributed by atoms with van der Waals surface area (Å²) in [6.07, 6.45) is 0. The number of rotatable bonds is 6. The van der Waals surface area contributed by atoms with Crippen molar-refractivity contribution in [3.63, 3.8) is 0 Å². The molecule has 10 heavy (non-hydrogen) atoms. The average Bonchev–Trinajstić information content (AvgIpc) is 1.97. The fourth-order valence-electron chi connectivity index (χ4n) is 0.292. The maximum Gasteiger partial charge on any atom is 0.477 e. The molecule has 0 heterocycles. The van der Waals surface area contributed by atoms with Crippen molar-refractivity contribution in [2.75, 3.05) is 26.3 Å². The van der Waals surface area contributed by atoms with Crippen LogP contribution in [0.5, 0.6) is 0 Å². The molecule has 0 rings (SSSR count). The van der Waals surface area contributed by atoms with E-state index in [4.69, 9.17) is 11.5 Å². The molecular formula is C4H12N3O3+. The molecular weight excluding hydrogens is 138 g/mol. The van der Waals surface area contributed by atoms with Crippen molar-refractivity contribution in [2.24, 2.45) is 11.5 Å². The highest BCUT2D eigenvalue weighted by Gasteiger charge is 2.08. The SMILES string of the molecule is NCCO[N+](=O)OCCN. The van der Waals surface area contributed by atoms with E-state index in [1.807, 2.05) is 0 Å². The first-order valence-corrected chi connectivity index (χ1v) is 2.94. The first-order valence-electron chi connectivity index (χ1n) is 2.94. The molecule has 0 bridgehead atoms. The average molecular weight is 150 g/mol. The Morgan fingerprint density at radius 3 is 1.80 bits per heavy atom. The van der Waals surface area contributed by atoms with E-state index in [1.54, 1.807) is 0 Å². The molecule has 0 saturated carbocycles. The van der Waals surface area contributed by atoms with Crippen molar-refractivity contribution in [3.05, 3.63) is 4.91 Å². The summed E-state index contributed by atoms with van der Waals surface area (Å²) >= 11 is 0. The molecule has 0 spiro atoms. The molecule has 0 aromatic rings. The van der Waals surface area contributed by atoms with Gasteiger partial charge in [0.2, 0.25) is 0 Å². The van der Waals surface area contributed by atoms with Crippen molar-refractivity contribution in [1.82, 2.24) is 0 Å². The lowest BCUT2D eigenvalue weighted by Crippen LogP contribution is -2.19. The Labute approximate surface area is 58.6 Å². The number of nitrogens with zero attached hydrogens (tertiary/aromatic N) is 1. The largest absolute Gasteiger partial charge is 0.477 e. The Morgan fingerprint density at radius 1 is 1.10 bits per heavy atom. The van der Waals surface area contributed by atoms with Crippen LogP contribution in [0.2, 0.25) is 0 Å². The summed E-state index contributed by atoms with van der Waals surface area (Å²) in [6, 6.07) is 0. The van der Waals surface area contributed by atoms with Crippen LogP contribution in [0.15, 0.2) is 0 Å². The molecule has 0 aromatic carbocycles. The van der Waals surface area contributed by atoms with Crippen molar-refractivity contribution >= 4 is 0 Å².